The van der Waals surface area contributed by atoms with Crippen LogP contribution in [0.3, 0.4) is 0 Å². The molecule has 5 heteroatoms. The third kappa shape index (κ3) is 2.67. The van der Waals surface area contributed by atoms with Gasteiger partial charge in [0.2, 0.25) is 0 Å². The van der Waals surface area contributed by atoms with E-state index in [9.17, 15) is 0 Å². The van der Waals surface area contributed by atoms with Gasteiger partial charge in [0.1, 0.15) is 0 Å². The second kappa shape index (κ2) is 5.92. The van der Waals surface area contributed by atoms with Crippen LogP contribution in [0.25, 0.3) is 10.2 Å². The largest absolute Gasteiger partial charge is 0.348 e. The number of piperidine rings is 1. The summed E-state index contributed by atoms with van der Waals surface area (Å²) in [7, 11) is 4.37. The summed E-state index contributed by atoms with van der Waals surface area (Å²) >= 11 is 3.61. The number of thioether (sulfide) groups is 1. The molecule has 1 saturated heterocycles. The Kier molecular flexibility index (Phi) is 4.19. The third-order valence-electron chi connectivity index (χ3n) is 4.06. The van der Waals surface area contributed by atoms with E-state index in [1.54, 1.807) is 11.8 Å². The van der Waals surface area contributed by atoms with Gasteiger partial charge >= 0.3 is 0 Å². The molecule has 1 aromatic carbocycles. The highest BCUT2D eigenvalue weighted by atomic mass is 32.2. The smallest absolute Gasteiger partial charge is 0.186 e. The van der Waals surface area contributed by atoms with Crippen molar-refractivity contribution in [2.45, 2.75) is 23.8 Å². The molecule has 0 radical (unpaired) electrons. The summed E-state index contributed by atoms with van der Waals surface area (Å²) in [4.78, 5) is 11.0. The standard InChI is InChI=1S/C15H21N3S2/c1-17(2)11-7-9-18(10-8-11)15-16-14-12(19-3)5-4-6-13(14)20-15/h4-6,11H,7-10H2,1-3H3. The van der Waals surface area contributed by atoms with Crippen molar-refractivity contribution in [1.29, 1.82) is 0 Å². The number of aromatic nitrogens is 1. The number of anilines is 1. The number of hydrogen-bond donors (Lipinski definition) is 0. The molecule has 20 heavy (non-hydrogen) atoms. The fraction of sp³-hybridized carbons (Fsp3) is 0.533. The van der Waals surface area contributed by atoms with Crippen LogP contribution in [-0.4, -0.2) is 49.4 Å². The van der Waals surface area contributed by atoms with E-state index in [0.717, 1.165) is 19.1 Å². The van der Waals surface area contributed by atoms with Gasteiger partial charge in [-0.25, -0.2) is 4.98 Å². The molecule has 2 aromatic rings. The Hall–Kier alpha value is -0.780. The van der Waals surface area contributed by atoms with Crippen molar-refractivity contribution < 1.29 is 0 Å². The van der Waals surface area contributed by atoms with E-state index in [4.69, 9.17) is 4.98 Å². The number of nitrogens with zero attached hydrogens (tertiary/aromatic N) is 3. The van der Waals surface area contributed by atoms with Crippen LogP contribution in [0.5, 0.6) is 0 Å². The zero-order valence-electron chi connectivity index (χ0n) is 12.3. The van der Waals surface area contributed by atoms with Crippen molar-refractivity contribution in [2.24, 2.45) is 0 Å². The maximum atomic E-state index is 4.89. The molecule has 0 N–H and O–H groups in total. The number of hydrogen-bond acceptors (Lipinski definition) is 5. The van der Waals surface area contributed by atoms with Crippen molar-refractivity contribution in [3.8, 4) is 0 Å². The van der Waals surface area contributed by atoms with Crippen LogP contribution >= 0.6 is 23.1 Å². The summed E-state index contributed by atoms with van der Waals surface area (Å²) in [5.41, 5.74) is 1.18. The predicted octanol–water partition coefficient (Wildman–Crippen LogP) is 3.55. The van der Waals surface area contributed by atoms with E-state index < -0.39 is 0 Å². The molecular formula is C15H21N3S2. The van der Waals surface area contributed by atoms with E-state index in [1.807, 2.05) is 11.3 Å². The monoisotopic (exact) mass is 307 g/mol. The summed E-state index contributed by atoms with van der Waals surface area (Å²) in [6.45, 7) is 2.24. The first-order valence-corrected chi connectivity index (χ1v) is 9.08. The predicted molar refractivity (Wildman–Crippen MR) is 90.3 cm³/mol. The molecule has 1 fully saturated rings. The average molecular weight is 307 g/mol. The molecular weight excluding hydrogens is 286 g/mol. The maximum absolute atomic E-state index is 4.89. The van der Waals surface area contributed by atoms with Crippen molar-refractivity contribution >= 4 is 38.4 Å². The zero-order chi connectivity index (χ0) is 14.1. The molecule has 1 aromatic heterocycles. The minimum Gasteiger partial charge on any atom is -0.348 e. The SMILES string of the molecule is CSc1cccc2sc(N3CCC(N(C)C)CC3)nc12. The fourth-order valence-corrected chi connectivity index (χ4v) is 4.46. The lowest BCUT2D eigenvalue weighted by Gasteiger charge is -2.34. The first-order valence-electron chi connectivity index (χ1n) is 7.04. The highest BCUT2D eigenvalue weighted by molar-refractivity contribution is 7.98. The van der Waals surface area contributed by atoms with E-state index in [-0.39, 0.29) is 0 Å². The average Bonchev–Trinajstić information content (AvgIpc) is 2.91. The van der Waals surface area contributed by atoms with E-state index in [1.165, 1.54) is 33.1 Å². The first kappa shape index (κ1) is 14.2. The Balaban J connectivity index is 1.81. The van der Waals surface area contributed by atoms with Crippen LogP contribution in [0, 0.1) is 0 Å². The zero-order valence-corrected chi connectivity index (χ0v) is 13.9. The van der Waals surface area contributed by atoms with E-state index in [2.05, 4.69) is 48.4 Å². The molecule has 3 nitrogen and oxygen atoms in total. The summed E-state index contributed by atoms with van der Waals surface area (Å²) < 4.78 is 1.31. The quantitative estimate of drug-likeness (QED) is 0.807. The fourth-order valence-electron chi connectivity index (χ4n) is 2.79. The Labute approximate surface area is 129 Å². The van der Waals surface area contributed by atoms with Gasteiger partial charge in [-0.05, 0) is 45.3 Å². The number of fused-ring (bicyclic) bond motifs is 1. The molecule has 0 saturated carbocycles. The van der Waals surface area contributed by atoms with Gasteiger partial charge in [0, 0.05) is 24.0 Å². The van der Waals surface area contributed by atoms with Gasteiger partial charge in [-0.3, -0.25) is 0 Å². The van der Waals surface area contributed by atoms with Gasteiger partial charge in [-0.2, -0.15) is 0 Å². The van der Waals surface area contributed by atoms with Crippen molar-refractivity contribution in [2.75, 3.05) is 38.3 Å². The van der Waals surface area contributed by atoms with Crippen LogP contribution in [0.15, 0.2) is 23.1 Å². The lowest BCUT2D eigenvalue weighted by Crippen LogP contribution is -2.41. The van der Waals surface area contributed by atoms with Crippen LogP contribution < -0.4 is 4.90 Å². The van der Waals surface area contributed by atoms with Gasteiger partial charge in [0.25, 0.3) is 0 Å². The van der Waals surface area contributed by atoms with Crippen LogP contribution in [0.4, 0.5) is 5.13 Å². The van der Waals surface area contributed by atoms with E-state index in [0.29, 0.717) is 0 Å². The van der Waals surface area contributed by atoms with Gasteiger partial charge in [-0.15, -0.1) is 11.8 Å². The molecule has 0 amide bonds. The Bertz CT molecular complexity index is 586. The minimum atomic E-state index is 0.724. The number of thiazole rings is 1. The Morgan fingerprint density at radius 2 is 2.05 bits per heavy atom. The minimum absolute atomic E-state index is 0.724. The van der Waals surface area contributed by atoms with Crippen LogP contribution in [-0.2, 0) is 0 Å². The number of rotatable bonds is 3. The number of para-hydroxylation sites is 1. The second-order valence-electron chi connectivity index (χ2n) is 5.49. The molecule has 1 aliphatic rings. The van der Waals surface area contributed by atoms with Crippen molar-refractivity contribution in [3.63, 3.8) is 0 Å². The van der Waals surface area contributed by atoms with Gasteiger partial charge < -0.3 is 9.80 Å². The molecule has 1 aliphatic heterocycles. The summed E-state index contributed by atoms with van der Waals surface area (Å²) in [6.07, 6.45) is 4.59. The molecule has 108 valence electrons. The topological polar surface area (TPSA) is 19.4 Å². The summed E-state index contributed by atoms with van der Waals surface area (Å²) in [5.74, 6) is 0. The third-order valence-corrected chi connectivity index (χ3v) is 5.91. The van der Waals surface area contributed by atoms with Crippen molar-refractivity contribution in [1.82, 2.24) is 9.88 Å². The Morgan fingerprint density at radius 3 is 2.70 bits per heavy atom. The summed E-state index contributed by atoms with van der Waals surface area (Å²) in [6, 6.07) is 7.20. The lowest BCUT2D eigenvalue weighted by molar-refractivity contribution is 0.249. The molecule has 0 spiro atoms. The number of benzene rings is 1. The Morgan fingerprint density at radius 1 is 1.30 bits per heavy atom. The lowest BCUT2D eigenvalue weighted by atomic mass is 10.0. The molecule has 2 heterocycles. The van der Waals surface area contributed by atoms with E-state index >= 15 is 0 Å². The molecule has 0 atom stereocenters. The highest BCUT2D eigenvalue weighted by Gasteiger charge is 2.22. The molecule has 0 aliphatic carbocycles. The maximum Gasteiger partial charge on any atom is 0.186 e. The molecule has 3 rings (SSSR count). The normalized spacial score (nSPS) is 17.3. The van der Waals surface area contributed by atoms with Crippen LogP contribution in [0.2, 0.25) is 0 Å². The molecule has 0 bridgehead atoms. The van der Waals surface area contributed by atoms with Gasteiger partial charge in [-0.1, -0.05) is 17.4 Å². The summed E-state index contributed by atoms with van der Waals surface area (Å²) in [5, 5.41) is 1.19. The first-order chi connectivity index (χ1) is 9.69. The van der Waals surface area contributed by atoms with Gasteiger partial charge in [0.05, 0.1) is 10.2 Å². The van der Waals surface area contributed by atoms with Gasteiger partial charge in [0.15, 0.2) is 5.13 Å². The second-order valence-corrected chi connectivity index (χ2v) is 7.34. The van der Waals surface area contributed by atoms with Crippen LogP contribution in [0.1, 0.15) is 12.8 Å². The highest BCUT2D eigenvalue weighted by Crippen LogP contribution is 2.35. The molecule has 0 unspecified atom stereocenters. The van der Waals surface area contributed by atoms with Crippen molar-refractivity contribution in [3.05, 3.63) is 18.2 Å².